The SMILES string of the molecule is O=C(CCSc1nc2cc(F)c(F)cc2[nH]1)Nc1ccc2c(c1)OCO2. The zero-order valence-corrected chi connectivity index (χ0v) is 14.2. The fourth-order valence-corrected chi connectivity index (χ4v) is 3.31. The molecule has 0 saturated heterocycles. The predicted molar refractivity (Wildman–Crippen MR) is 92.5 cm³/mol. The minimum atomic E-state index is -0.941. The Morgan fingerprint density at radius 2 is 2.00 bits per heavy atom. The highest BCUT2D eigenvalue weighted by Crippen LogP contribution is 2.34. The van der Waals surface area contributed by atoms with Crippen LogP contribution in [0.5, 0.6) is 11.5 Å². The zero-order chi connectivity index (χ0) is 18.1. The van der Waals surface area contributed by atoms with E-state index in [1.54, 1.807) is 18.2 Å². The molecule has 1 amide bonds. The lowest BCUT2D eigenvalue weighted by molar-refractivity contribution is -0.115. The molecule has 0 fully saturated rings. The number of carbonyl (C=O) groups excluding carboxylic acids is 1. The maximum atomic E-state index is 13.2. The lowest BCUT2D eigenvalue weighted by Crippen LogP contribution is -2.12. The van der Waals surface area contributed by atoms with Crippen LogP contribution in [0.1, 0.15) is 6.42 Å². The van der Waals surface area contributed by atoms with Gasteiger partial charge in [0.1, 0.15) is 0 Å². The molecule has 4 rings (SSSR count). The van der Waals surface area contributed by atoms with Crippen LogP contribution in [0.15, 0.2) is 35.5 Å². The average molecular weight is 377 g/mol. The molecule has 2 aromatic carbocycles. The molecule has 2 N–H and O–H groups in total. The molecule has 0 saturated carbocycles. The van der Waals surface area contributed by atoms with Crippen LogP contribution in [0, 0.1) is 11.6 Å². The van der Waals surface area contributed by atoms with Crippen LogP contribution in [-0.4, -0.2) is 28.4 Å². The molecule has 26 heavy (non-hydrogen) atoms. The Balaban J connectivity index is 1.32. The highest BCUT2D eigenvalue weighted by Gasteiger charge is 2.14. The van der Waals surface area contributed by atoms with Gasteiger partial charge in [-0.3, -0.25) is 4.79 Å². The molecule has 0 aliphatic carbocycles. The number of hydrogen-bond donors (Lipinski definition) is 2. The summed E-state index contributed by atoms with van der Waals surface area (Å²) in [6.07, 6.45) is 0.249. The third kappa shape index (κ3) is 3.43. The van der Waals surface area contributed by atoms with E-state index in [2.05, 4.69) is 15.3 Å². The summed E-state index contributed by atoms with van der Waals surface area (Å²) < 4.78 is 36.9. The standard InChI is InChI=1S/C17H13F2N3O3S/c18-10-6-12-13(7-11(10)19)22-17(21-12)26-4-3-16(23)20-9-1-2-14-15(5-9)25-8-24-14/h1-2,5-7H,3-4,8H2,(H,20,23)(H,21,22). The van der Waals surface area contributed by atoms with Gasteiger partial charge in [0, 0.05) is 36.1 Å². The van der Waals surface area contributed by atoms with E-state index in [4.69, 9.17) is 9.47 Å². The second kappa shape index (κ2) is 6.83. The molecular weight excluding hydrogens is 364 g/mol. The second-order valence-corrected chi connectivity index (χ2v) is 6.62. The van der Waals surface area contributed by atoms with E-state index in [-0.39, 0.29) is 19.1 Å². The number of aromatic amines is 1. The molecular formula is C17H13F2N3O3S. The number of ether oxygens (including phenoxy) is 2. The topological polar surface area (TPSA) is 76.2 Å². The van der Waals surface area contributed by atoms with Crippen molar-refractivity contribution in [1.82, 2.24) is 9.97 Å². The van der Waals surface area contributed by atoms with Crippen LogP contribution in [0.4, 0.5) is 14.5 Å². The van der Waals surface area contributed by atoms with E-state index >= 15 is 0 Å². The summed E-state index contributed by atoms with van der Waals surface area (Å²) in [5, 5.41) is 3.28. The second-order valence-electron chi connectivity index (χ2n) is 5.54. The van der Waals surface area contributed by atoms with Gasteiger partial charge in [-0.25, -0.2) is 13.8 Å². The van der Waals surface area contributed by atoms with Gasteiger partial charge >= 0.3 is 0 Å². The summed E-state index contributed by atoms with van der Waals surface area (Å²) in [6, 6.07) is 7.28. The Morgan fingerprint density at radius 3 is 2.88 bits per heavy atom. The number of nitrogens with one attached hydrogen (secondary N) is 2. The van der Waals surface area contributed by atoms with E-state index in [0.717, 1.165) is 12.1 Å². The van der Waals surface area contributed by atoms with Crippen molar-refractivity contribution in [2.24, 2.45) is 0 Å². The summed E-state index contributed by atoms with van der Waals surface area (Å²) in [7, 11) is 0. The van der Waals surface area contributed by atoms with Crippen LogP contribution in [0.3, 0.4) is 0 Å². The van der Waals surface area contributed by atoms with Crippen molar-refractivity contribution < 1.29 is 23.0 Å². The number of imidazole rings is 1. The first-order valence-electron chi connectivity index (χ1n) is 7.75. The van der Waals surface area contributed by atoms with Gasteiger partial charge in [0.05, 0.1) is 11.0 Å². The number of H-pyrrole nitrogens is 1. The fourth-order valence-electron chi connectivity index (χ4n) is 2.49. The number of fused-ring (bicyclic) bond motifs is 2. The molecule has 0 atom stereocenters. The van der Waals surface area contributed by atoms with E-state index in [9.17, 15) is 13.6 Å². The summed E-state index contributed by atoms with van der Waals surface area (Å²) in [5.41, 5.74) is 1.38. The van der Waals surface area contributed by atoms with Gasteiger partial charge in [0.25, 0.3) is 0 Å². The number of benzene rings is 2. The first-order valence-corrected chi connectivity index (χ1v) is 8.74. The molecule has 1 aliphatic rings. The van der Waals surface area contributed by atoms with Crippen LogP contribution in [-0.2, 0) is 4.79 Å². The fraction of sp³-hybridized carbons (Fsp3) is 0.176. The minimum absolute atomic E-state index is 0.162. The summed E-state index contributed by atoms with van der Waals surface area (Å²) in [4.78, 5) is 19.1. The quantitative estimate of drug-likeness (QED) is 0.663. The van der Waals surface area contributed by atoms with Crippen LogP contribution >= 0.6 is 11.8 Å². The molecule has 134 valence electrons. The lowest BCUT2D eigenvalue weighted by atomic mass is 10.2. The van der Waals surface area contributed by atoms with E-state index < -0.39 is 11.6 Å². The number of carbonyl (C=O) groups is 1. The van der Waals surface area contributed by atoms with Crippen molar-refractivity contribution in [1.29, 1.82) is 0 Å². The summed E-state index contributed by atoms with van der Waals surface area (Å²) >= 11 is 1.30. The highest BCUT2D eigenvalue weighted by atomic mass is 32.2. The Morgan fingerprint density at radius 1 is 1.19 bits per heavy atom. The van der Waals surface area contributed by atoms with Gasteiger partial charge in [0.2, 0.25) is 12.7 Å². The predicted octanol–water partition coefficient (Wildman–Crippen LogP) is 3.69. The van der Waals surface area contributed by atoms with Crippen molar-refractivity contribution >= 4 is 34.4 Å². The van der Waals surface area contributed by atoms with Crippen molar-refractivity contribution in [3.63, 3.8) is 0 Å². The molecule has 0 radical (unpaired) electrons. The number of thioether (sulfide) groups is 1. The van der Waals surface area contributed by atoms with E-state index in [1.165, 1.54) is 11.8 Å². The van der Waals surface area contributed by atoms with Gasteiger partial charge in [0.15, 0.2) is 28.3 Å². The highest BCUT2D eigenvalue weighted by molar-refractivity contribution is 7.99. The normalized spacial score (nSPS) is 12.5. The molecule has 1 aliphatic heterocycles. The first-order chi connectivity index (χ1) is 12.6. The number of anilines is 1. The van der Waals surface area contributed by atoms with Gasteiger partial charge in [-0.2, -0.15) is 0 Å². The van der Waals surface area contributed by atoms with Gasteiger partial charge in [-0.1, -0.05) is 11.8 Å². The molecule has 0 spiro atoms. The molecule has 1 aromatic heterocycles. The summed E-state index contributed by atoms with van der Waals surface area (Å²) in [6.45, 7) is 0.175. The van der Waals surface area contributed by atoms with Crippen LogP contribution in [0.25, 0.3) is 11.0 Å². The zero-order valence-electron chi connectivity index (χ0n) is 13.3. The number of hydrogen-bond acceptors (Lipinski definition) is 5. The number of amides is 1. The number of nitrogens with zero attached hydrogens (tertiary/aromatic N) is 1. The van der Waals surface area contributed by atoms with Crippen molar-refractivity contribution in [3.05, 3.63) is 42.0 Å². The Labute approximate surface area is 150 Å². The summed E-state index contributed by atoms with van der Waals surface area (Å²) in [5.74, 6) is -0.328. The Hall–Kier alpha value is -2.81. The maximum Gasteiger partial charge on any atom is 0.231 e. The van der Waals surface area contributed by atoms with E-state index in [1.807, 2.05) is 0 Å². The smallest absolute Gasteiger partial charge is 0.231 e. The Kier molecular flexibility index (Phi) is 4.37. The third-order valence-electron chi connectivity index (χ3n) is 3.73. The third-order valence-corrected chi connectivity index (χ3v) is 4.60. The molecule has 9 heteroatoms. The number of rotatable bonds is 5. The molecule has 0 unspecified atom stereocenters. The van der Waals surface area contributed by atoms with Gasteiger partial charge in [-0.15, -0.1) is 0 Å². The molecule has 3 aromatic rings. The number of halogens is 2. The van der Waals surface area contributed by atoms with Crippen LogP contribution < -0.4 is 14.8 Å². The molecule has 2 heterocycles. The van der Waals surface area contributed by atoms with Crippen molar-refractivity contribution in [2.75, 3.05) is 17.9 Å². The first kappa shape index (κ1) is 16.6. The van der Waals surface area contributed by atoms with Crippen molar-refractivity contribution in [3.8, 4) is 11.5 Å². The monoisotopic (exact) mass is 377 g/mol. The lowest BCUT2D eigenvalue weighted by Gasteiger charge is -2.05. The number of aromatic nitrogens is 2. The Bertz CT molecular complexity index is 954. The van der Waals surface area contributed by atoms with Crippen molar-refractivity contribution in [2.45, 2.75) is 11.6 Å². The molecule has 0 bridgehead atoms. The average Bonchev–Trinajstić information content (AvgIpc) is 3.21. The van der Waals surface area contributed by atoms with Crippen LogP contribution in [0.2, 0.25) is 0 Å². The van der Waals surface area contributed by atoms with E-state index in [0.29, 0.717) is 39.1 Å². The largest absolute Gasteiger partial charge is 0.454 e. The molecule has 6 nitrogen and oxygen atoms in total. The van der Waals surface area contributed by atoms with Gasteiger partial charge < -0.3 is 19.8 Å². The van der Waals surface area contributed by atoms with Gasteiger partial charge in [-0.05, 0) is 12.1 Å². The minimum Gasteiger partial charge on any atom is -0.454 e. The maximum absolute atomic E-state index is 13.2.